The Morgan fingerprint density at radius 2 is 2.00 bits per heavy atom. The molecule has 1 aromatic heterocycles. The van der Waals surface area contributed by atoms with Crippen molar-refractivity contribution in [2.24, 2.45) is 5.92 Å². The van der Waals surface area contributed by atoms with Crippen LogP contribution in [0.15, 0.2) is 35.1 Å². The molecule has 1 atom stereocenters. The molecule has 0 aliphatic rings. The first-order valence-electron chi connectivity index (χ1n) is 8.92. The first-order valence-corrected chi connectivity index (χ1v) is 8.92. The maximum Gasteiger partial charge on any atom is 0.306 e. The minimum absolute atomic E-state index is 0.0532. The van der Waals surface area contributed by atoms with Crippen molar-refractivity contribution in [3.05, 3.63) is 57.8 Å². The maximum atomic E-state index is 12.2. The Bertz CT molecular complexity index is 796. The molecule has 0 saturated carbocycles. The molecule has 140 valence electrons. The van der Waals surface area contributed by atoms with Gasteiger partial charge in [0.15, 0.2) is 0 Å². The Hall–Kier alpha value is -2.63. The number of aliphatic carboxylic acids is 1. The van der Waals surface area contributed by atoms with Crippen LogP contribution in [0.1, 0.15) is 37.4 Å². The molecule has 1 aromatic carbocycles. The SMILES string of the molecule is CCCc1nc(C)cc(=O)n1CCOc1ccc(CC(C)C(=O)O)cc1. The van der Waals surface area contributed by atoms with Gasteiger partial charge in [-0.05, 0) is 37.5 Å². The number of hydrogen-bond acceptors (Lipinski definition) is 4. The summed E-state index contributed by atoms with van der Waals surface area (Å²) in [7, 11) is 0. The van der Waals surface area contributed by atoms with Crippen LogP contribution >= 0.6 is 0 Å². The Labute approximate surface area is 153 Å². The van der Waals surface area contributed by atoms with E-state index in [1.807, 2.05) is 31.2 Å². The number of carbonyl (C=O) groups is 1. The van der Waals surface area contributed by atoms with E-state index < -0.39 is 11.9 Å². The molecule has 0 spiro atoms. The molecule has 26 heavy (non-hydrogen) atoms. The monoisotopic (exact) mass is 358 g/mol. The summed E-state index contributed by atoms with van der Waals surface area (Å²) in [6.45, 7) is 6.38. The van der Waals surface area contributed by atoms with Gasteiger partial charge in [0.05, 0.1) is 12.5 Å². The molecule has 1 unspecified atom stereocenters. The molecule has 1 N–H and O–H groups in total. The van der Waals surface area contributed by atoms with Gasteiger partial charge in [-0.25, -0.2) is 4.98 Å². The highest BCUT2D eigenvalue weighted by Gasteiger charge is 2.11. The van der Waals surface area contributed by atoms with Crippen molar-refractivity contribution >= 4 is 5.97 Å². The Morgan fingerprint density at radius 1 is 1.31 bits per heavy atom. The quantitative estimate of drug-likeness (QED) is 0.745. The van der Waals surface area contributed by atoms with Gasteiger partial charge in [-0.2, -0.15) is 0 Å². The number of rotatable bonds is 9. The highest BCUT2D eigenvalue weighted by molar-refractivity contribution is 5.69. The molecular weight excluding hydrogens is 332 g/mol. The Kier molecular flexibility index (Phi) is 6.95. The van der Waals surface area contributed by atoms with E-state index in [4.69, 9.17) is 9.84 Å². The van der Waals surface area contributed by atoms with E-state index in [1.54, 1.807) is 11.5 Å². The second-order valence-corrected chi connectivity index (χ2v) is 6.49. The van der Waals surface area contributed by atoms with E-state index in [2.05, 4.69) is 11.9 Å². The number of nitrogens with zero attached hydrogens (tertiary/aromatic N) is 2. The van der Waals surface area contributed by atoms with Crippen LogP contribution in [0, 0.1) is 12.8 Å². The van der Waals surface area contributed by atoms with Crippen molar-refractivity contribution in [1.29, 1.82) is 0 Å². The third kappa shape index (κ3) is 5.44. The third-order valence-electron chi connectivity index (χ3n) is 4.16. The number of aromatic nitrogens is 2. The lowest BCUT2D eigenvalue weighted by atomic mass is 10.0. The van der Waals surface area contributed by atoms with Crippen LogP contribution in [-0.4, -0.2) is 27.2 Å². The molecule has 0 fully saturated rings. The first-order chi connectivity index (χ1) is 12.4. The van der Waals surface area contributed by atoms with Gasteiger partial charge in [-0.1, -0.05) is 26.0 Å². The van der Waals surface area contributed by atoms with Crippen LogP contribution in [0.2, 0.25) is 0 Å². The fourth-order valence-corrected chi connectivity index (χ4v) is 2.75. The van der Waals surface area contributed by atoms with Crippen molar-refractivity contribution in [3.63, 3.8) is 0 Å². The van der Waals surface area contributed by atoms with Gasteiger partial charge in [-0.15, -0.1) is 0 Å². The van der Waals surface area contributed by atoms with E-state index >= 15 is 0 Å². The maximum absolute atomic E-state index is 12.2. The van der Waals surface area contributed by atoms with Crippen LogP contribution in [0.4, 0.5) is 0 Å². The van der Waals surface area contributed by atoms with Crippen molar-refractivity contribution in [2.75, 3.05) is 6.61 Å². The molecule has 0 amide bonds. The van der Waals surface area contributed by atoms with Gasteiger partial charge in [0.25, 0.3) is 5.56 Å². The van der Waals surface area contributed by atoms with E-state index in [-0.39, 0.29) is 5.56 Å². The van der Waals surface area contributed by atoms with Crippen molar-refractivity contribution < 1.29 is 14.6 Å². The minimum Gasteiger partial charge on any atom is -0.492 e. The van der Waals surface area contributed by atoms with Crippen LogP contribution in [0.5, 0.6) is 5.75 Å². The smallest absolute Gasteiger partial charge is 0.306 e. The predicted molar refractivity (Wildman–Crippen MR) is 99.7 cm³/mol. The summed E-state index contributed by atoms with van der Waals surface area (Å²) in [5.41, 5.74) is 1.64. The highest BCUT2D eigenvalue weighted by Crippen LogP contribution is 2.15. The lowest BCUT2D eigenvalue weighted by Crippen LogP contribution is -2.27. The number of benzene rings is 1. The number of ether oxygens (including phenoxy) is 1. The van der Waals surface area contributed by atoms with Gasteiger partial charge < -0.3 is 9.84 Å². The van der Waals surface area contributed by atoms with E-state index in [1.165, 1.54) is 6.07 Å². The zero-order valence-electron chi connectivity index (χ0n) is 15.6. The fourth-order valence-electron chi connectivity index (χ4n) is 2.75. The van der Waals surface area contributed by atoms with Gasteiger partial charge in [-0.3, -0.25) is 14.2 Å². The van der Waals surface area contributed by atoms with Crippen molar-refractivity contribution in [3.8, 4) is 5.75 Å². The molecule has 0 aliphatic carbocycles. The average molecular weight is 358 g/mol. The molecule has 6 heteroatoms. The van der Waals surface area contributed by atoms with E-state index in [0.29, 0.717) is 25.3 Å². The summed E-state index contributed by atoms with van der Waals surface area (Å²) in [5.74, 6) is 0.269. The summed E-state index contributed by atoms with van der Waals surface area (Å²) in [6.07, 6.45) is 2.17. The Balaban J connectivity index is 1.96. The van der Waals surface area contributed by atoms with Crippen molar-refractivity contribution in [2.45, 2.75) is 46.6 Å². The van der Waals surface area contributed by atoms with Crippen LogP contribution in [0.3, 0.4) is 0 Å². The first kappa shape index (κ1) is 19.7. The van der Waals surface area contributed by atoms with Crippen LogP contribution in [-0.2, 0) is 24.2 Å². The molecular formula is C20H26N2O4. The van der Waals surface area contributed by atoms with Gasteiger partial charge in [0, 0.05) is 18.2 Å². The molecule has 1 heterocycles. The van der Waals surface area contributed by atoms with Crippen LogP contribution in [0.25, 0.3) is 0 Å². The summed E-state index contributed by atoms with van der Waals surface area (Å²) in [5, 5.41) is 8.96. The van der Waals surface area contributed by atoms with E-state index in [0.717, 1.165) is 29.9 Å². The van der Waals surface area contributed by atoms with Crippen LogP contribution < -0.4 is 10.3 Å². The summed E-state index contributed by atoms with van der Waals surface area (Å²) in [4.78, 5) is 27.6. The fraction of sp³-hybridized carbons (Fsp3) is 0.450. The van der Waals surface area contributed by atoms with Crippen molar-refractivity contribution in [1.82, 2.24) is 9.55 Å². The summed E-state index contributed by atoms with van der Waals surface area (Å²) >= 11 is 0. The molecule has 2 aromatic rings. The topological polar surface area (TPSA) is 81.4 Å². The standard InChI is InChI=1S/C20H26N2O4/c1-4-5-18-21-15(3)13-19(23)22(18)10-11-26-17-8-6-16(7-9-17)12-14(2)20(24)25/h6-9,13-14H,4-5,10-12H2,1-3H3,(H,24,25). The normalized spacial score (nSPS) is 12.0. The largest absolute Gasteiger partial charge is 0.492 e. The lowest BCUT2D eigenvalue weighted by molar-refractivity contribution is -0.141. The number of hydrogen-bond donors (Lipinski definition) is 1. The third-order valence-corrected chi connectivity index (χ3v) is 4.16. The molecule has 0 radical (unpaired) electrons. The second-order valence-electron chi connectivity index (χ2n) is 6.49. The molecule has 0 saturated heterocycles. The lowest BCUT2D eigenvalue weighted by Gasteiger charge is -2.13. The Morgan fingerprint density at radius 3 is 2.62 bits per heavy atom. The highest BCUT2D eigenvalue weighted by atomic mass is 16.5. The summed E-state index contributed by atoms with van der Waals surface area (Å²) < 4.78 is 7.40. The second kappa shape index (κ2) is 9.17. The number of carboxylic acid groups (broad SMARTS) is 1. The summed E-state index contributed by atoms with van der Waals surface area (Å²) in [6, 6.07) is 8.94. The molecule has 0 aliphatic heterocycles. The number of aryl methyl sites for hydroxylation is 2. The predicted octanol–water partition coefficient (Wildman–Crippen LogP) is 2.85. The average Bonchev–Trinajstić information content (AvgIpc) is 2.58. The molecule has 2 rings (SSSR count). The minimum atomic E-state index is -0.801. The van der Waals surface area contributed by atoms with Gasteiger partial charge >= 0.3 is 5.97 Å². The van der Waals surface area contributed by atoms with E-state index in [9.17, 15) is 9.59 Å². The molecule has 6 nitrogen and oxygen atoms in total. The number of carboxylic acids is 1. The molecule has 0 bridgehead atoms. The zero-order valence-corrected chi connectivity index (χ0v) is 15.6. The van der Waals surface area contributed by atoms with Gasteiger partial charge in [0.1, 0.15) is 18.2 Å². The van der Waals surface area contributed by atoms with Gasteiger partial charge in [0.2, 0.25) is 0 Å². The zero-order chi connectivity index (χ0) is 19.1.